The van der Waals surface area contributed by atoms with Crippen molar-refractivity contribution in [2.24, 2.45) is 11.8 Å². The average Bonchev–Trinajstić information content (AvgIpc) is 3.02. The van der Waals surface area contributed by atoms with E-state index in [1.54, 1.807) is 22.9 Å². The van der Waals surface area contributed by atoms with Gasteiger partial charge in [0, 0.05) is 10.6 Å². The summed E-state index contributed by atoms with van der Waals surface area (Å²) in [7, 11) is 0. The van der Waals surface area contributed by atoms with Crippen molar-refractivity contribution in [2.45, 2.75) is 94.7 Å². The van der Waals surface area contributed by atoms with E-state index in [0.717, 1.165) is 57.8 Å². The van der Waals surface area contributed by atoms with Crippen LogP contribution in [0.5, 0.6) is 0 Å². The standard InChI is InChI=1S/C27H33Cl2N3O3/c1-16-23(24(33)30-26-11-17-9-18(12-26)14-27(35,13-17)15-26)25(34)32(22-8-7-19(28)10-21(22)29)31(16)20-5-3-2-4-6-20/h7-8,10,17-18,20,35H,2-6,9,11-15H2,1H3,(H,30,33). The number of benzene rings is 1. The van der Waals surface area contributed by atoms with Crippen molar-refractivity contribution < 1.29 is 9.90 Å². The van der Waals surface area contributed by atoms with Crippen LogP contribution in [-0.2, 0) is 0 Å². The number of hydrogen-bond acceptors (Lipinski definition) is 3. The van der Waals surface area contributed by atoms with E-state index in [1.165, 1.54) is 6.42 Å². The number of nitrogens with one attached hydrogen (secondary N) is 1. The third-order valence-corrected chi connectivity index (χ3v) is 9.56. The zero-order valence-electron chi connectivity index (χ0n) is 20.2. The summed E-state index contributed by atoms with van der Waals surface area (Å²) >= 11 is 12.7. The maximum atomic E-state index is 13.9. The molecular formula is C27H33Cl2N3O3. The van der Waals surface area contributed by atoms with Crippen LogP contribution >= 0.6 is 23.2 Å². The Morgan fingerprint density at radius 3 is 2.40 bits per heavy atom. The number of carbonyl (C=O) groups is 1. The molecule has 8 heteroatoms. The molecule has 5 fully saturated rings. The summed E-state index contributed by atoms with van der Waals surface area (Å²) in [6, 6.07) is 5.23. The molecule has 5 aliphatic rings. The van der Waals surface area contributed by atoms with E-state index in [2.05, 4.69) is 5.32 Å². The normalized spacial score (nSPS) is 32.2. The Hall–Kier alpha value is -1.76. The van der Waals surface area contributed by atoms with Gasteiger partial charge in [-0.25, -0.2) is 4.68 Å². The Bertz CT molecular complexity index is 1230. The largest absolute Gasteiger partial charge is 0.390 e. The minimum atomic E-state index is -0.683. The van der Waals surface area contributed by atoms with Gasteiger partial charge in [0.05, 0.1) is 28.0 Å². The fourth-order valence-corrected chi connectivity index (χ4v) is 8.68. The van der Waals surface area contributed by atoms with Crippen molar-refractivity contribution in [1.29, 1.82) is 0 Å². The van der Waals surface area contributed by atoms with Gasteiger partial charge in [0.1, 0.15) is 5.56 Å². The van der Waals surface area contributed by atoms with Crippen LogP contribution in [0.2, 0.25) is 10.0 Å². The molecule has 5 aliphatic carbocycles. The first-order valence-electron chi connectivity index (χ1n) is 13.0. The van der Waals surface area contributed by atoms with Crippen LogP contribution in [0.3, 0.4) is 0 Å². The molecule has 188 valence electrons. The number of aromatic nitrogens is 2. The minimum Gasteiger partial charge on any atom is -0.390 e. The average molecular weight is 518 g/mol. The smallest absolute Gasteiger partial charge is 0.284 e. The van der Waals surface area contributed by atoms with Crippen LogP contribution < -0.4 is 10.9 Å². The van der Waals surface area contributed by atoms with Crippen LogP contribution in [0.1, 0.15) is 92.7 Å². The van der Waals surface area contributed by atoms with Gasteiger partial charge < -0.3 is 10.4 Å². The third kappa shape index (κ3) is 3.96. The Morgan fingerprint density at radius 2 is 1.77 bits per heavy atom. The molecule has 35 heavy (non-hydrogen) atoms. The molecule has 6 nitrogen and oxygen atoms in total. The van der Waals surface area contributed by atoms with Gasteiger partial charge in [-0.3, -0.25) is 14.3 Å². The summed E-state index contributed by atoms with van der Waals surface area (Å²) in [6.45, 7) is 1.87. The highest BCUT2D eigenvalue weighted by Crippen LogP contribution is 2.57. The molecule has 0 aliphatic heterocycles. The number of carbonyl (C=O) groups excluding carboxylic acids is 1. The van der Waals surface area contributed by atoms with Crippen molar-refractivity contribution in [3.63, 3.8) is 0 Å². The van der Waals surface area contributed by atoms with Gasteiger partial charge in [0.25, 0.3) is 11.5 Å². The van der Waals surface area contributed by atoms with Crippen LogP contribution in [-0.4, -0.2) is 31.5 Å². The first-order chi connectivity index (χ1) is 16.7. The lowest BCUT2D eigenvalue weighted by atomic mass is 9.51. The summed E-state index contributed by atoms with van der Waals surface area (Å²) in [5, 5.41) is 15.3. The van der Waals surface area contributed by atoms with Crippen molar-refractivity contribution in [1.82, 2.24) is 14.7 Å². The van der Waals surface area contributed by atoms with E-state index >= 15 is 0 Å². The molecule has 0 spiro atoms. The molecule has 2 aromatic rings. The van der Waals surface area contributed by atoms with Gasteiger partial charge in [0.15, 0.2) is 0 Å². The summed E-state index contributed by atoms with van der Waals surface area (Å²) in [5.74, 6) is 0.560. The Morgan fingerprint density at radius 1 is 1.09 bits per heavy atom. The van der Waals surface area contributed by atoms with Crippen LogP contribution in [0.25, 0.3) is 5.69 Å². The Kier molecular flexibility index (Phi) is 5.66. The lowest BCUT2D eigenvalue weighted by molar-refractivity contribution is -0.139. The highest BCUT2D eigenvalue weighted by atomic mass is 35.5. The number of rotatable bonds is 4. The topological polar surface area (TPSA) is 76.3 Å². The van der Waals surface area contributed by atoms with Gasteiger partial charge in [-0.2, -0.15) is 0 Å². The zero-order valence-corrected chi connectivity index (χ0v) is 21.7. The van der Waals surface area contributed by atoms with Crippen LogP contribution in [0.4, 0.5) is 0 Å². The van der Waals surface area contributed by atoms with E-state index in [-0.39, 0.29) is 23.1 Å². The number of amides is 1. The minimum absolute atomic E-state index is 0.130. The molecule has 0 radical (unpaired) electrons. The summed E-state index contributed by atoms with van der Waals surface area (Å²) in [5.41, 5.74) is -0.0589. The van der Waals surface area contributed by atoms with Gasteiger partial charge in [-0.1, -0.05) is 42.5 Å². The van der Waals surface area contributed by atoms with Gasteiger partial charge >= 0.3 is 0 Å². The SMILES string of the molecule is Cc1c(C(=O)NC23CC4CC(CC(O)(C4)C2)C3)c(=O)n(-c2ccc(Cl)cc2Cl)n1C1CCCCC1. The maximum absolute atomic E-state index is 13.9. The number of hydrogen-bond donors (Lipinski definition) is 2. The lowest BCUT2D eigenvalue weighted by Gasteiger charge is -2.60. The third-order valence-electron chi connectivity index (χ3n) is 9.02. The fraction of sp³-hybridized carbons (Fsp3) is 0.630. The first kappa shape index (κ1) is 23.6. The van der Waals surface area contributed by atoms with Crippen LogP contribution in [0.15, 0.2) is 23.0 Å². The van der Waals surface area contributed by atoms with Gasteiger partial charge in [-0.05, 0) is 88.3 Å². The second kappa shape index (κ2) is 8.39. The summed E-state index contributed by atoms with van der Waals surface area (Å²) < 4.78 is 3.59. The maximum Gasteiger partial charge on any atom is 0.284 e. The monoisotopic (exact) mass is 517 g/mol. The number of aliphatic hydroxyl groups is 1. The molecule has 1 aromatic heterocycles. The summed E-state index contributed by atoms with van der Waals surface area (Å²) in [6.07, 6.45) is 10.5. The molecule has 1 heterocycles. The summed E-state index contributed by atoms with van der Waals surface area (Å²) in [4.78, 5) is 27.7. The first-order valence-corrected chi connectivity index (χ1v) is 13.8. The molecule has 7 rings (SSSR count). The van der Waals surface area contributed by atoms with Crippen molar-refractivity contribution in [3.05, 3.63) is 49.9 Å². The molecule has 2 atom stereocenters. The molecule has 1 amide bonds. The van der Waals surface area contributed by atoms with Crippen molar-refractivity contribution >= 4 is 29.1 Å². The van der Waals surface area contributed by atoms with Crippen molar-refractivity contribution in [3.8, 4) is 5.69 Å². The second-order valence-corrected chi connectivity index (χ2v) is 12.6. The molecule has 2 unspecified atom stereocenters. The highest BCUT2D eigenvalue weighted by Gasteiger charge is 2.58. The molecule has 2 N–H and O–H groups in total. The van der Waals surface area contributed by atoms with E-state index < -0.39 is 11.1 Å². The fourth-order valence-electron chi connectivity index (χ4n) is 8.19. The lowest BCUT2D eigenvalue weighted by Crippen LogP contribution is -2.65. The van der Waals surface area contributed by atoms with E-state index in [9.17, 15) is 14.7 Å². The van der Waals surface area contributed by atoms with E-state index in [1.807, 2.05) is 11.6 Å². The molecular weight excluding hydrogens is 485 g/mol. The molecule has 0 saturated heterocycles. The predicted octanol–water partition coefficient (Wildman–Crippen LogP) is 5.57. The quantitative estimate of drug-likeness (QED) is 0.556. The predicted molar refractivity (Wildman–Crippen MR) is 137 cm³/mol. The Balaban J connectivity index is 1.42. The van der Waals surface area contributed by atoms with Crippen LogP contribution in [0, 0.1) is 18.8 Å². The Labute approximate surface area is 215 Å². The van der Waals surface area contributed by atoms with E-state index in [0.29, 0.717) is 39.7 Å². The molecule has 1 aromatic carbocycles. The second-order valence-electron chi connectivity index (χ2n) is 11.7. The molecule has 5 saturated carbocycles. The van der Waals surface area contributed by atoms with Crippen molar-refractivity contribution in [2.75, 3.05) is 0 Å². The van der Waals surface area contributed by atoms with Gasteiger partial charge in [0.2, 0.25) is 0 Å². The number of nitrogens with zero attached hydrogens (tertiary/aromatic N) is 2. The number of halogens is 2. The van der Waals surface area contributed by atoms with E-state index in [4.69, 9.17) is 23.2 Å². The molecule has 4 bridgehead atoms. The highest BCUT2D eigenvalue weighted by molar-refractivity contribution is 6.35. The van der Waals surface area contributed by atoms with Gasteiger partial charge in [-0.15, -0.1) is 0 Å². The zero-order chi connectivity index (χ0) is 24.5.